The molecule has 1 unspecified atom stereocenters. The number of halogens is 1. The molecule has 1 atom stereocenters. The molecule has 0 bridgehead atoms. The van der Waals surface area contributed by atoms with E-state index >= 15 is 0 Å². The molecule has 0 aliphatic rings. The molecular formula is C16H19ClN2O. The maximum absolute atomic E-state index is 6.17. The minimum Gasteiger partial charge on any atom is -0.481 e. The maximum atomic E-state index is 6.17. The summed E-state index contributed by atoms with van der Waals surface area (Å²) in [5, 5.41) is 4.27. The fourth-order valence-electron chi connectivity index (χ4n) is 2.01. The van der Waals surface area contributed by atoms with Crippen molar-refractivity contribution in [1.82, 2.24) is 10.3 Å². The highest BCUT2D eigenvalue weighted by molar-refractivity contribution is 6.31. The molecule has 1 heterocycles. The molecule has 0 fully saturated rings. The molecule has 1 aromatic heterocycles. The van der Waals surface area contributed by atoms with Crippen molar-refractivity contribution in [3.05, 3.63) is 58.7 Å². The Morgan fingerprint density at radius 2 is 2.00 bits per heavy atom. The fourth-order valence-corrected chi connectivity index (χ4v) is 2.23. The van der Waals surface area contributed by atoms with E-state index in [4.69, 9.17) is 16.3 Å². The van der Waals surface area contributed by atoms with Crippen LogP contribution < -0.4 is 10.1 Å². The van der Waals surface area contributed by atoms with Crippen molar-refractivity contribution in [2.45, 2.75) is 25.9 Å². The average molecular weight is 291 g/mol. The summed E-state index contributed by atoms with van der Waals surface area (Å²) in [5.74, 6) is 0.642. The van der Waals surface area contributed by atoms with Crippen LogP contribution in [0.3, 0.4) is 0 Å². The van der Waals surface area contributed by atoms with Crippen LogP contribution in [0.2, 0.25) is 5.02 Å². The number of benzene rings is 1. The van der Waals surface area contributed by atoms with Gasteiger partial charge in [-0.3, -0.25) is 0 Å². The van der Waals surface area contributed by atoms with E-state index in [2.05, 4.69) is 23.3 Å². The Balaban J connectivity index is 1.89. The van der Waals surface area contributed by atoms with Crippen molar-refractivity contribution < 1.29 is 4.74 Å². The summed E-state index contributed by atoms with van der Waals surface area (Å²) < 4.78 is 5.12. The summed E-state index contributed by atoms with van der Waals surface area (Å²) in [6, 6.07) is 14.0. The van der Waals surface area contributed by atoms with Crippen molar-refractivity contribution in [2.24, 2.45) is 0 Å². The van der Waals surface area contributed by atoms with Gasteiger partial charge in [-0.15, -0.1) is 0 Å². The topological polar surface area (TPSA) is 34.1 Å². The first-order valence-corrected chi connectivity index (χ1v) is 7.03. The highest BCUT2D eigenvalue weighted by atomic mass is 35.5. The van der Waals surface area contributed by atoms with Crippen molar-refractivity contribution in [3.8, 4) is 5.88 Å². The van der Waals surface area contributed by atoms with E-state index < -0.39 is 0 Å². The van der Waals surface area contributed by atoms with Crippen LogP contribution in [0.25, 0.3) is 0 Å². The molecular weight excluding hydrogens is 272 g/mol. The zero-order valence-electron chi connectivity index (χ0n) is 11.8. The Hall–Kier alpha value is -1.58. The number of rotatable bonds is 6. The summed E-state index contributed by atoms with van der Waals surface area (Å²) in [6.07, 6.45) is 0.893. The molecule has 0 amide bonds. The summed E-state index contributed by atoms with van der Waals surface area (Å²) in [6.45, 7) is 2.85. The van der Waals surface area contributed by atoms with E-state index in [-0.39, 0.29) is 0 Å². The number of methoxy groups -OCH3 is 1. The van der Waals surface area contributed by atoms with E-state index in [1.807, 2.05) is 36.4 Å². The number of aromatic nitrogens is 1. The van der Waals surface area contributed by atoms with Crippen LogP contribution in [0, 0.1) is 0 Å². The Bertz CT molecular complexity index is 560. The predicted octanol–water partition coefficient (Wildman–Crippen LogP) is 3.46. The first kappa shape index (κ1) is 14.8. The van der Waals surface area contributed by atoms with Crippen LogP contribution in [0.4, 0.5) is 0 Å². The van der Waals surface area contributed by atoms with Crippen LogP contribution in [-0.4, -0.2) is 18.1 Å². The Morgan fingerprint density at radius 3 is 2.75 bits per heavy atom. The number of nitrogens with zero attached hydrogens (tertiary/aromatic N) is 1. The van der Waals surface area contributed by atoms with Crippen molar-refractivity contribution >= 4 is 11.6 Å². The quantitative estimate of drug-likeness (QED) is 0.884. The SMILES string of the molecule is COc1cccc(CNC(C)Cc2ccccc2Cl)n1. The van der Waals surface area contributed by atoms with Gasteiger partial charge < -0.3 is 10.1 Å². The molecule has 0 aliphatic heterocycles. The second-order valence-electron chi connectivity index (χ2n) is 4.75. The van der Waals surface area contributed by atoms with Crippen LogP contribution in [-0.2, 0) is 13.0 Å². The third kappa shape index (κ3) is 4.22. The van der Waals surface area contributed by atoms with E-state index in [1.54, 1.807) is 7.11 Å². The van der Waals surface area contributed by atoms with Gasteiger partial charge in [-0.25, -0.2) is 4.98 Å². The molecule has 0 saturated heterocycles. The monoisotopic (exact) mass is 290 g/mol. The molecule has 1 aromatic carbocycles. The largest absolute Gasteiger partial charge is 0.481 e. The maximum Gasteiger partial charge on any atom is 0.213 e. The molecule has 1 N–H and O–H groups in total. The van der Waals surface area contributed by atoms with Gasteiger partial charge in [-0.05, 0) is 31.0 Å². The molecule has 106 valence electrons. The van der Waals surface area contributed by atoms with Gasteiger partial charge in [0, 0.05) is 23.7 Å². The first-order chi connectivity index (χ1) is 9.69. The minimum atomic E-state index is 0.322. The van der Waals surface area contributed by atoms with E-state index in [1.165, 1.54) is 0 Å². The molecule has 0 saturated carbocycles. The fraction of sp³-hybridized carbons (Fsp3) is 0.312. The molecule has 3 nitrogen and oxygen atoms in total. The van der Waals surface area contributed by atoms with E-state index in [9.17, 15) is 0 Å². The van der Waals surface area contributed by atoms with Crippen LogP contribution in [0.1, 0.15) is 18.2 Å². The average Bonchev–Trinajstić information content (AvgIpc) is 2.48. The van der Waals surface area contributed by atoms with Crippen molar-refractivity contribution in [3.63, 3.8) is 0 Å². The first-order valence-electron chi connectivity index (χ1n) is 6.65. The van der Waals surface area contributed by atoms with Gasteiger partial charge in [0.2, 0.25) is 5.88 Å². The van der Waals surface area contributed by atoms with Gasteiger partial charge in [-0.1, -0.05) is 35.9 Å². The standard InChI is InChI=1S/C16H19ClN2O/c1-12(10-13-6-3-4-8-15(13)17)18-11-14-7-5-9-16(19-14)20-2/h3-9,12,18H,10-11H2,1-2H3. The number of hydrogen-bond donors (Lipinski definition) is 1. The lowest BCUT2D eigenvalue weighted by Gasteiger charge is -2.14. The Labute approximate surface area is 124 Å². The molecule has 4 heteroatoms. The normalized spacial score (nSPS) is 12.2. The summed E-state index contributed by atoms with van der Waals surface area (Å²) >= 11 is 6.17. The second-order valence-corrected chi connectivity index (χ2v) is 5.16. The lowest BCUT2D eigenvalue weighted by Crippen LogP contribution is -2.28. The summed E-state index contributed by atoms with van der Waals surface area (Å²) in [5.41, 5.74) is 2.13. The van der Waals surface area contributed by atoms with E-state index in [0.29, 0.717) is 18.5 Å². The smallest absolute Gasteiger partial charge is 0.213 e. The molecule has 0 aliphatic carbocycles. The molecule has 2 aromatic rings. The van der Waals surface area contributed by atoms with Gasteiger partial charge in [0.25, 0.3) is 0 Å². The predicted molar refractivity (Wildman–Crippen MR) is 82.2 cm³/mol. The van der Waals surface area contributed by atoms with Gasteiger partial charge in [0.15, 0.2) is 0 Å². The van der Waals surface area contributed by atoms with Crippen molar-refractivity contribution in [2.75, 3.05) is 7.11 Å². The summed E-state index contributed by atoms with van der Waals surface area (Å²) in [4.78, 5) is 4.38. The van der Waals surface area contributed by atoms with Gasteiger partial charge in [0.05, 0.1) is 12.8 Å². The van der Waals surface area contributed by atoms with Crippen molar-refractivity contribution in [1.29, 1.82) is 0 Å². The minimum absolute atomic E-state index is 0.322. The van der Waals surface area contributed by atoms with Gasteiger partial charge >= 0.3 is 0 Å². The van der Waals surface area contributed by atoms with Crippen LogP contribution in [0.5, 0.6) is 5.88 Å². The Morgan fingerprint density at radius 1 is 1.20 bits per heavy atom. The van der Waals surface area contributed by atoms with Gasteiger partial charge in [0.1, 0.15) is 0 Å². The molecule has 0 radical (unpaired) electrons. The number of pyridine rings is 1. The zero-order chi connectivity index (χ0) is 14.4. The van der Waals surface area contributed by atoms with Crippen LogP contribution >= 0.6 is 11.6 Å². The summed E-state index contributed by atoms with van der Waals surface area (Å²) in [7, 11) is 1.62. The Kier molecular flexibility index (Phi) is 5.39. The molecule has 2 rings (SSSR count). The highest BCUT2D eigenvalue weighted by Gasteiger charge is 2.06. The lowest BCUT2D eigenvalue weighted by atomic mass is 10.1. The lowest BCUT2D eigenvalue weighted by molar-refractivity contribution is 0.395. The highest BCUT2D eigenvalue weighted by Crippen LogP contribution is 2.16. The third-order valence-corrected chi connectivity index (χ3v) is 3.47. The number of nitrogens with one attached hydrogen (secondary N) is 1. The van der Waals surface area contributed by atoms with Crippen LogP contribution in [0.15, 0.2) is 42.5 Å². The zero-order valence-corrected chi connectivity index (χ0v) is 12.5. The number of ether oxygens (including phenoxy) is 1. The molecule has 0 spiro atoms. The number of hydrogen-bond acceptors (Lipinski definition) is 3. The second kappa shape index (κ2) is 7.27. The molecule has 20 heavy (non-hydrogen) atoms. The van der Waals surface area contributed by atoms with E-state index in [0.717, 1.165) is 22.7 Å². The third-order valence-electron chi connectivity index (χ3n) is 3.11. The van der Waals surface area contributed by atoms with Gasteiger partial charge in [-0.2, -0.15) is 0 Å².